The van der Waals surface area contributed by atoms with Crippen molar-refractivity contribution in [2.75, 3.05) is 6.61 Å². The predicted molar refractivity (Wildman–Crippen MR) is 49.8 cm³/mol. The molecule has 0 aliphatic heterocycles. The van der Waals surface area contributed by atoms with Crippen molar-refractivity contribution in [3.8, 4) is 0 Å². The van der Waals surface area contributed by atoms with Crippen molar-refractivity contribution >= 4 is 5.97 Å². The molecule has 0 radical (unpaired) electrons. The van der Waals surface area contributed by atoms with Crippen molar-refractivity contribution < 1.29 is 15.0 Å². The van der Waals surface area contributed by atoms with Gasteiger partial charge in [-0.1, -0.05) is 6.07 Å². The second kappa shape index (κ2) is 3.73. The Balaban J connectivity index is 3.27. The van der Waals surface area contributed by atoms with Gasteiger partial charge < -0.3 is 15.9 Å². The lowest BCUT2D eigenvalue weighted by molar-refractivity contribution is 0.0685. The SMILES string of the molecule is C[C@](N)(CO)c1cccnc1C(=O)O. The van der Waals surface area contributed by atoms with Crippen molar-refractivity contribution in [3.63, 3.8) is 0 Å². The Labute approximate surface area is 81.2 Å². The number of rotatable bonds is 3. The first-order chi connectivity index (χ1) is 6.49. The third-order valence-corrected chi connectivity index (χ3v) is 1.95. The molecule has 1 atom stereocenters. The van der Waals surface area contributed by atoms with Crippen molar-refractivity contribution in [1.29, 1.82) is 0 Å². The molecule has 76 valence electrons. The van der Waals surface area contributed by atoms with Crippen LogP contribution in [0.5, 0.6) is 0 Å². The summed E-state index contributed by atoms with van der Waals surface area (Å²) in [6, 6.07) is 3.13. The summed E-state index contributed by atoms with van der Waals surface area (Å²) >= 11 is 0. The first kappa shape index (κ1) is 10.6. The van der Waals surface area contributed by atoms with Crippen LogP contribution in [0.15, 0.2) is 18.3 Å². The molecule has 0 aliphatic rings. The van der Waals surface area contributed by atoms with Gasteiger partial charge in [0.1, 0.15) is 0 Å². The van der Waals surface area contributed by atoms with E-state index in [4.69, 9.17) is 15.9 Å². The summed E-state index contributed by atoms with van der Waals surface area (Å²) in [4.78, 5) is 14.5. The van der Waals surface area contributed by atoms with Crippen LogP contribution in [0.1, 0.15) is 23.0 Å². The largest absolute Gasteiger partial charge is 0.477 e. The molecule has 0 amide bonds. The molecule has 1 rings (SSSR count). The highest BCUT2D eigenvalue weighted by atomic mass is 16.4. The maximum absolute atomic E-state index is 10.8. The molecule has 0 saturated carbocycles. The summed E-state index contributed by atoms with van der Waals surface area (Å²) in [6.07, 6.45) is 1.38. The molecule has 0 unspecified atom stereocenters. The third-order valence-electron chi connectivity index (χ3n) is 1.95. The maximum atomic E-state index is 10.8. The Bertz CT molecular complexity index is 350. The van der Waals surface area contributed by atoms with E-state index in [-0.39, 0.29) is 12.3 Å². The number of hydrogen-bond donors (Lipinski definition) is 3. The molecular formula is C9H12N2O3. The average Bonchev–Trinajstić information content (AvgIpc) is 2.18. The van der Waals surface area contributed by atoms with Gasteiger partial charge in [0.2, 0.25) is 0 Å². The van der Waals surface area contributed by atoms with Gasteiger partial charge in [0, 0.05) is 11.8 Å². The molecule has 1 heterocycles. The number of aliphatic hydroxyl groups is 1. The monoisotopic (exact) mass is 196 g/mol. The molecule has 14 heavy (non-hydrogen) atoms. The molecule has 0 saturated heterocycles. The van der Waals surface area contributed by atoms with Gasteiger partial charge in [-0.3, -0.25) is 0 Å². The summed E-state index contributed by atoms with van der Waals surface area (Å²) in [5, 5.41) is 17.8. The number of aliphatic hydroxyl groups excluding tert-OH is 1. The van der Waals surface area contributed by atoms with E-state index < -0.39 is 11.5 Å². The van der Waals surface area contributed by atoms with Crippen LogP contribution in [-0.2, 0) is 5.54 Å². The van der Waals surface area contributed by atoms with Crippen LogP contribution in [0.3, 0.4) is 0 Å². The Kier molecular flexibility index (Phi) is 2.83. The van der Waals surface area contributed by atoms with Crippen LogP contribution in [0, 0.1) is 0 Å². The zero-order valence-corrected chi connectivity index (χ0v) is 7.77. The Morgan fingerprint density at radius 2 is 2.36 bits per heavy atom. The molecule has 0 fully saturated rings. The Morgan fingerprint density at radius 3 is 2.86 bits per heavy atom. The highest BCUT2D eigenvalue weighted by molar-refractivity contribution is 5.87. The van der Waals surface area contributed by atoms with E-state index in [1.54, 1.807) is 19.1 Å². The Hall–Kier alpha value is -1.46. The lowest BCUT2D eigenvalue weighted by Gasteiger charge is -2.23. The smallest absolute Gasteiger partial charge is 0.354 e. The molecular weight excluding hydrogens is 184 g/mol. The van der Waals surface area contributed by atoms with Crippen LogP contribution in [-0.4, -0.2) is 27.8 Å². The molecule has 5 heteroatoms. The molecule has 5 nitrogen and oxygen atoms in total. The lowest BCUT2D eigenvalue weighted by atomic mass is 9.93. The van der Waals surface area contributed by atoms with Crippen molar-refractivity contribution in [2.45, 2.75) is 12.5 Å². The Morgan fingerprint density at radius 1 is 1.71 bits per heavy atom. The van der Waals surface area contributed by atoms with E-state index in [0.717, 1.165) is 0 Å². The lowest BCUT2D eigenvalue weighted by Crippen LogP contribution is -2.38. The van der Waals surface area contributed by atoms with Gasteiger partial charge in [0.05, 0.1) is 12.1 Å². The fraction of sp³-hybridized carbons (Fsp3) is 0.333. The second-order valence-electron chi connectivity index (χ2n) is 3.28. The minimum atomic E-state index is -1.15. The van der Waals surface area contributed by atoms with Crippen molar-refractivity contribution in [1.82, 2.24) is 4.98 Å². The van der Waals surface area contributed by atoms with Crippen LogP contribution in [0.2, 0.25) is 0 Å². The average molecular weight is 196 g/mol. The fourth-order valence-corrected chi connectivity index (χ4v) is 1.12. The minimum Gasteiger partial charge on any atom is -0.477 e. The summed E-state index contributed by atoms with van der Waals surface area (Å²) < 4.78 is 0. The highest BCUT2D eigenvalue weighted by Crippen LogP contribution is 2.19. The number of nitrogens with two attached hydrogens (primary N) is 1. The molecule has 0 aromatic carbocycles. The van der Waals surface area contributed by atoms with Crippen molar-refractivity contribution in [2.24, 2.45) is 5.73 Å². The van der Waals surface area contributed by atoms with Crippen molar-refractivity contribution in [3.05, 3.63) is 29.6 Å². The number of carbonyl (C=O) groups is 1. The van der Waals surface area contributed by atoms with Gasteiger partial charge in [-0.05, 0) is 13.0 Å². The van der Waals surface area contributed by atoms with E-state index in [9.17, 15) is 4.79 Å². The predicted octanol–water partition coefficient (Wildman–Crippen LogP) is -0.0540. The van der Waals surface area contributed by atoms with E-state index in [0.29, 0.717) is 5.56 Å². The first-order valence-electron chi connectivity index (χ1n) is 4.07. The topological polar surface area (TPSA) is 96.4 Å². The standard InChI is InChI=1S/C9H12N2O3/c1-9(10,5-12)6-3-2-4-11-7(6)8(13)14/h2-4,12H,5,10H2,1H3,(H,13,14)/t9-/m0/s1. The third kappa shape index (κ3) is 1.89. The van der Waals surface area contributed by atoms with E-state index >= 15 is 0 Å². The zero-order chi connectivity index (χ0) is 10.8. The summed E-state index contributed by atoms with van der Waals surface area (Å²) in [5.74, 6) is -1.15. The van der Waals surface area contributed by atoms with E-state index in [1.165, 1.54) is 6.20 Å². The zero-order valence-electron chi connectivity index (χ0n) is 7.77. The summed E-state index contributed by atoms with van der Waals surface area (Å²) in [5.41, 5.74) is 4.85. The van der Waals surface area contributed by atoms with Gasteiger partial charge in [0.15, 0.2) is 5.69 Å². The number of aromatic nitrogens is 1. The van der Waals surface area contributed by atoms with E-state index in [2.05, 4.69) is 4.98 Å². The molecule has 0 bridgehead atoms. The summed E-state index contributed by atoms with van der Waals surface area (Å²) in [7, 11) is 0. The van der Waals surface area contributed by atoms with E-state index in [1.807, 2.05) is 0 Å². The number of pyridine rings is 1. The van der Waals surface area contributed by atoms with Gasteiger partial charge >= 0.3 is 5.97 Å². The number of hydrogen-bond acceptors (Lipinski definition) is 4. The number of carboxylic acids is 1. The second-order valence-corrected chi connectivity index (χ2v) is 3.28. The van der Waals surface area contributed by atoms with Gasteiger partial charge in [0.25, 0.3) is 0 Å². The maximum Gasteiger partial charge on any atom is 0.354 e. The first-order valence-corrected chi connectivity index (χ1v) is 4.07. The molecule has 0 spiro atoms. The summed E-state index contributed by atoms with van der Waals surface area (Å²) in [6.45, 7) is 1.22. The number of carboxylic acid groups (broad SMARTS) is 1. The van der Waals surface area contributed by atoms with Gasteiger partial charge in [-0.15, -0.1) is 0 Å². The van der Waals surface area contributed by atoms with Gasteiger partial charge in [-0.2, -0.15) is 0 Å². The minimum absolute atomic E-state index is 0.119. The molecule has 1 aromatic rings. The molecule has 4 N–H and O–H groups in total. The van der Waals surface area contributed by atoms with Crippen LogP contribution in [0.25, 0.3) is 0 Å². The van der Waals surface area contributed by atoms with Crippen LogP contribution in [0.4, 0.5) is 0 Å². The molecule has 0 aliphatic carbocycles. The number of nitrogens with zero attached hydrogens (tertiary/aromatic N) is 1. The number of aromatic carboxylic acids is 1. The normalized spacial score (nSPS) is 14.8. The fourth-order valence-electron chi connectivity index (χ4n) is 1.12. The quantitative estimate of drug-likeness (QED) is 0.629. The highest BCUT2D eigenvalue weighted by Gasteiger charge is 2.26. The van der Waals surface area contributed by atoms with Crippen LogP contribution < -0.4 is 5.73 Å². The van der Waals surface area contributed by atoms with Crippen LogP contribution >= 0.6 is 0 Å². The van der Waals surface area contributed by atoms with Gasteiger partial charge in [-0.25, -0.2) is 9.78 Å². The molecule has 1 aromatic heterocycles.